The van der Waals surface area contributed by atoms with Crippen LogP contribution in [0.4, 0.5) is 5.69 Å². The summed E-state index contributed by atoms with van der Waals surface area (Å²) < 4.78 is 27.5. The first kappa shape index (κ1) is 15.6. The third-order valence-electron chi connectivity index (χ3n) is 4.87. The van der Waals surface area contributed by atoms with Gasteiger partial charge in [-0.3, -0.25) is 4.79 Å². The van der Waals surface area contributed by atoms with E-state index < -0.39 is 10.0 Å². The standard InChI is InChI=1S/C17H19N3O3S/c1-2-20-14-6-7-15(24(22,23)19-9-8-11(18)10-19)12-4-3-5-13(16(12)14)17(20)21/h3-7,11H,2,8-10,18H2,1H3/t11-/m1/s1. The Morgan fingerprint density at radius 1 is 1.25 bits per heavy atom. The Morgan fingerprint density at radius 3 is 2.71 bits per heavy atom. The van der Waals surface area contributed by atoms with Gasteiger partial charge >= 0.3 is 0 Å². The van der Waals surface area contributed by atoms with Crippen molar-refractivity contribution in [1.82, 2.24) is 4.31 Å². The molecular weight excluding hydrogens is 326 g/mol. The minimum atomic E-state index is -3.62. The topological polar surface area (TPSA) is 83.7 Å². The number of rotatable bonds is 3. The number of carbonyl (C=O) groups is 1. The third kappa shape index (κ3) is 2.02. The van der Waals surface area contributed by atoms with Gasteiger partial charge in [-0.2, -0.15) is 4.31 Å². The number of sulfonamides is 1. The average molecular weight is 345 g/mol. The van der Waals surface area contributed by atoms with Crippen LogP contribution in [0.2, 0.25) is 0 Å². The van der Waals surface area contributed by atoms with Crippen LogP contribution in [0.1, 0.15) is 23.7 Å². The highest BCUT2D eigenvalue weighted by Gasteiger charge is 2.35. The second kappa shape index (κ2) is 5.27. The maximum atomic E-state index is 13.0. The minimum Gasteiger partial charge on any atom is -0.326 e. The van der Waals surface area contributed by atoms with Gasteiger partial charge in [0, 0.05) is 42.0 Å². The lowest BCUT2D eigenvalue weighted by atomic mass is 10.1. The van der Waals surface area contributed by atoms with Crippen LogP contribution >= 0.6 is 0 Å². The molecule has 24 heavy (non-hydrogen) atoms. The molecule has 126 valence electrons. The van der Waals surface area contributed by atoms with E-state index in [4.69, 9.17) is 5.73 Å². The fraction of sp³-hybridized carbons (Fsp3) is 0.353. The maximum Gasteiger partial charge on any atom is 0.258 e. The van der Waals surface area contributed by atoms with Gasteiger partial charge < -0.3 is 10.6 Å². The van der Waals surface area contributed by atoms with E-state index in [1.165, 1.54) is 4.31 Å². The molecule has 0 radical (unpaired) electrons. The van der Waals surface area contributed by atoms with E-state index in [9.17, 15) is 13.2 Å². The van der Waals surface area contributed by atoms with Crippen molar-refractivity contribution in [3.8, 4) is 0 Å². The summed E-state index contributed by atoms with van der Waals surface area (Å²) in [4.78, 5) is 14.5. The average Bonchev–Trinajstić information content (AvgIpc) is 3.12. The first-order chi connectivity index (χ1) is 11.4. The van der Waals surface area contributed by atoms with Crippen molar-refractivity contribution in [3.63, 3.8) is 0 Å². The van der Waals surface area contributed by atoms with Gasteiger partial charge in [-0.05, 0) is 31.5 Å². The molecule has 2 N–H and O–H groups in total. The SMILES string of the molecule is CCN1C(=O)c2cccc3c(S(=O)(=O)N4CC[C@@H](N)C4)ccc1c23. The Kier molecular flexibility index (Phi) is 3.42. The van der Waals surface area contributed by atoms with Crippen molar-refractivity contribution >= 4 is 32.4 Å². The zero-order valence-corrected chi connectivity index (χ0v) is 14.2. The lowest BCUT2D eigenvalue weighted by Gasteiger charge is -2.19. The van der Waals surface area contributed by atoms with Crippen LogP contribution in [0.25, 0.3) is 10.8 Å². The summed E-state index contributed by atoms with van der Waals surface area (Å²) in [5.41, 5.74) is 7.22. The van der Waals surface area contributed by atoms with Crippen LogP contribution in [-0.4, -0.2) is 44.3 Å². The first-order valence-corrected chi connectivity index (χ1v) is 9.52. The van der Waals surface area contributed by atoms with Crippen molar-refractivity contribution in [2.24, 2.45) is 5.73 Å². The molecule has 1 fully saturated rings. The second-order valence-corrected chi connectivity index (χ2v) is 8.18. The molecule has 2 aromatic rings. The smallest absolute Gasteiger partial charge is 0.258 e. The lowest BCUT2D eigenvalue weighted by molar-refractivity contribution is 0.0994. The van der Waals surface area contributed by atoms with Gasteiger partial charge in [0.1, 0.15) is 0 Å². The molecule has 2 heterocycles. The number of amides is 1. The van der Waals surface area contributed by atoms with Gasteiger partial charge in [-0.15, -0.1) is 0 Å². The summed E-state index contributed by atoms with van der Waals surface area (Å²) in [6.45, 7) is 3.24. The highest BCUT2D eigenvalue weighted by atomic mass is 32.2. The molecule has 1 saturated heterocycles. The molecule has 2 aromatic carbocycles. The Morgan fingerprint density at radius 2 is 2.04 bits per heavy atom. The summed E-state index contributed by atoms with van der Waals surface area (Å²) in [6, 6.07) is 8.51. The number of carbonyl (C=O) groups excluding carboxylic acids is 1. The van der Waals surface area contributed by atoms with Gasteiger partial charge in [0.2, 0.25) is 10.0 Å². The minimum absolute atomic E-state index is 0.0733. The van der Waals surface area contributed by atoms with Crippen molar-refractivity contribution < 1.29 is 13.2 Å². The molecule has 0 saturated carbocycles. The van der Waals surface area contributed by atoms with Gasteiger partial charge in [0.25, 0.3) is 5.91 Å². The first-order valence-electron chi connectivity index (χ1n) is 8.08. The molecule has 0 aliphatic carbocycles. The molecule has 6 nitrogen and oxygen atoms in total. The van der Waals surface area contributed by atoms with E-state index in [1.54, 1.807) is 35.2 Å². The van der Waals surface area contributed by atoms with E-state index in [1.807, 2.05) is 6.92 Å². The molecule has 0 unspecified atom stereocenters. The monoisotopic (exact) mass is 345 g/mol. The van der Waals surface area contributed by atoms with Crippen molar-refractivity contribution in [3.05, 3.63) is 35.9 Å². The quantitative estimate of drug-likeness (QED) is 0.915. The molecule has 4 rings (SSSR count). The van der Waals surface area contributed by atoms with Crippen molar-refractivity contribution in [2.45, 2.75) is 24.3 Å². The predicted molar refractivity (Wildman–Crippen MR) is 92.6 cm³/mol. The summed E-state index contributed by atoms with van der Waals surface area (Å²) >= 11 is 0. The van der Waals surface area contributed by atoms with Crippen LogP contribution in [0.15, 0.2) is 35.2 Å². The number of nitrogens with zero attached hydrogens (tertiary/aromatic N) is 2. The molecule has 2 aliphatic rings. The van der Waals surface area contributed by atoms with E-state index in [0.29, 0.717) is 37.0 Å². The maximum absolute atomic E-state index is 13.0. The molecule has 1 atom stereocenters. The summed E-state index contributed by atoms with van der Waals surface area (Å²) in [5, 5.41) is 1.34. The van der Waals surface area contributed by atoms with E-state index in [0.717, 1.165) is 11.1 Å². The van der Waals surface area contributed by atoms with Crippen LogP contribution in [0, 0.1) is 0 Å². The molecule has 1 amide bonds. The molecular formula is C17H19N3O3S. The molecule has 0 bridgehead atoms. The summed E-state index contributed by atoms with van der Waals surface area (Å²) in [5.74, 6) is -0.0733. The van der Waals surface area contributed by atoms with Gasteiger partial charge in [0.05, 0.1) is 10.6 Å². The van der Waals surface area contributed by atoms with E-state index in [-0.39, 0.29) is 16.8 Å². The number of hydrogen-bond donors (Lipinski definition) is 1. The van der Waals surface area contributed by atoms with Crippen molar-refractivity contribution in [1.29, 1.82) is 0 Å². The molecule has 0 aromatic heterocycles. The summed E-state index contributed by atoms with van der Waals surface area (Å²) in [7, 11) is -3.62. The van der Waals surface area contributed by atoms with Gasteiger partial charge in [-0.1, -0.05) is 12.1 Å². The van der Waals surface area contributed by atoms with E-state index in [2.05, 4.69) is 0 Å². The number of nitrogens with two attached hydrogens (primary N) is 1. The number of anilines is 1. The normalized spacial score (nSPS) is 21.2. The zero-order valence-electron chi connectivity index (χ0n) is 13.4. The van der Waals surface area contributed by atoms with E-state index >= 15 is 0 Å². The van der Waals surface area contributed by atoms with Crippen LogP contribution in [0.3, 0.4) is 0 Å². The molecule has 2 aliphatic heterocycles. The second-order valence-electron chi connectivity index (χ2n) is 6.27. The zero-order chi connectivity index (χ0) is 17.1. The third-order valence-corrected chi connectivity index (χ3v) is 6.79. The van der Waals surface area contributed by atoms with Gasteiger partial charge in [-0.25, -0.2) is 8.42 Å². The lowest BCUT2D eigenvalue weighted by Crippen LogP contribution is -2.32. The van der Waals surface area contributed by atoms with Crippen LogP contribution in [0.5, 0.6) is 0 Å². The van der Waals surface area contributed by atoms with Gasteiger partial charge in [0.15, 0.2) is 0 Å². The summed E-state index contributed by atoms with van der Waals surface area (Å²) in [6.07, 6.45) is 0.669. The fourth-order valence-corrected chi connectivity index (χ4v) is 5.37. The predicted octanol–water partition coefficient (Wildman–Crippen LogP) is 1.54. The number of hydrogen-bond acceptors (Lipinski definition) is 4. The molecule has 7 heteroatoms. The Hall–Kier alpha value is -1.96. The fourth-order valence-electron chi connectivity index (χ4n) is 3.67. The number of benzene rings is 2. The highest BCUT2D eigenvalue weighted by Crippen LogP contribution is 2.40. The van der Waals surface area contributed by atoms with Crippen LogP contribution < -0.4 is 10.6 Å². The van der Waals surface area contributed by atoms with Crippen molar-refractivity contribution in [2.75, 3.05) is 24.5 Å². The Labute approximate surface area is 140 Å². The Balaban J connectivity index is 1.94. The molecule has 0 spiro atoms. The largest absolute Gasteiger partial charge is 0.326 e. The highest BCUT2D eigenvalue weighted by molar-refractivity contribution is 7.89. The van der Waals surface area contributed by atoms with Crippen LogP contribution in [-0.2, 0) is 10.0 Å². The Bertz CT molecular complexity index is 955.